The first-order chi connectivity index (χ1) is 35.5. The molecule has 0 saturated carbocycles. The second-order valence-electron chi connectivity index (χ2n) is 18.6. The highest BCUT2D eigenvalue weighted by Crippen LogP contribution is 2.56. The first-order valence-corrected chi connectivity index (χ1v) is 27.1. The molecule has 0 aliphatic rings. The Bertz CT molecular complexity index is 2150. The van der Waals surface area contributed by atoms with Crippen molar-refractivity contribution in [2.24, 2.45) is 0 Å². The van der Waals surface area contributed by atoms with Gasteiger partial charge in [-0.3, -0.25) is 0 Å². The van der Waals surface area contributed by atoms with Crippen molar-refractivity contribution in [3.8, 4) is 101 Å². The van der Waals surface area contributed by atoms with Crippen molar-refractivity contribution in [2.75, 3.05) is 39.6 Å². The quantitative estimate of drug-likeness (QED) is 0.0419. The van der Waals surface area contributed by atoms with Gasteiger partial charge >= 0.3 is 0 Å². The molecule has 0 heterocycles. The van der Waals surface area contributed by atoms with Crippen LogP contribution in [0.15, 0.2) is 146 Å². The Hall–Kier alpha value is -6.66. The summed E-state index contributed by atoms with van der Waals surface area (Å²) in [4.78, 5) is 0. The maximum atomic E-state index is 6.31. The Labute approximate surface area is 431 Å². The molecule has 378 valence electrons. The van der Waals surface area contributed by atoms with E-state index in [0.717, 1.165) is 178 Å². The molecule has 7 rings (SSSR count). The normalized spacial score (nSPS) is 11.1. The van der Waals surface area contributed by atoms with E-state index >= 15 is 0 Å². The fraction of sp³-hybridized carbons (Fsp3) is 0.364. The smallest absolute Gasteiger partial charge is 0.119 e. The van der Waals surface area contributed by atoms with E-state index in [1.807, 2.05) is 0 Å². The Morgan fingerprint density at radius 2 is 0.319 bits per heavy atom. The Kier molecular flexibility index (Phi) is 21.0. The zero-order valence-electron chi connectivity index (χ0n) is 44.0. The molecule has 0 N–H and O–H groups in total. The third-order valence-electron chi connectivity index (χ3n) is 13.0. The van der Waals surface area contributed by atoms with E-state index in [1.54, 1.807) is 0 Å². The van der Waals surface area contributed by atoms with Crippen molar-refractivity contribution in [3.63, 3.8) is 0 Å². The third kappa shape index (κ3) is 14.3. The lowest BCUT2D eigenvalue weighted by atomic mass is 9.74. The van der Waals surface area contributed by atoms with Crippen LogP contribution in [-0.4, -0.2) is 39.6 Å². The van der Waals surface area contributed by atoms with Gasteiger partial charge in [0.25, 0.3) is 0 Å². The minimum Gasteiger partial charge on any atom is -0.494 e. The van der Waals surface area contributed by atoms with Crippen LogP contribution in [0.5, 0.6) is 34.5 Å². The van der Waals surface area contributed by atoms with E-state index in [0.29, 0.717) is 39.6 Å². The molecule has 0 unspecified atom stereocenters. The Balaban J connectivity index is 1.63. The van der Waals surface area contributed by atoms with Gasteiger partial charge in [-0.2, -0.15) is 0 Å². The highest BCUT2D eigenvalue weighted by Gasteiger charge is 2.30. The number of benzene rings is 7. The summed E-state index contributed by atoms with van der Waals surface area (Å²) in [7, 11) is 0. The molecule has 0 atom stereocenters. The van der Waals surface area contributed by atoms with Crippen molar-refractivity contribution in [1.82, 2.24) is 0 Å². The Morgan fingerprint density at radius 3 is 0.431 bits per heavy atom. The van der Waals surface area contributed by atoms with Gasteiger partial charge in [0.15, 0.2) is 0 Å². The molecule has 0 radical (unpaired) electrons. The SMILES string of the molecule is CCCCOc1ccc(-c2c(-c3ccc(OCCCC)cc3)c(-c3ccc(OCCCC)cc3)c(-c3ccc(OCCCC)cc3)c(-c3ccc(OCCCC)cc3)c2-c2ccc(OCCCC)cc2)cc1. The fourth-order valence-electron chi connectivity index (χ4n) is 8.80. The van der Waals surface area contributed by atoms with Gasteiger partial charge in [-0.25, -0.2) is 0 Å². The summed E-state index contributed by atoms with van der Waals surface area (Å²) >= 11 is 0. The van der Waals surface area contributed by atoms with E-state index in [9.17, 15) is 0 Å². The molecule has 7 aromatic rings. The monoisotopic (exact) mass is 967 g/mol. The van der Waals surface area contributed by atoms with Gasteiger partial charge in [-0.15, -0.1) is 0 Å². The van der Waals surface area contributed by atoms with Crippen LogP contribution >= 0.6 is 0 Å². The van der Waals surface area contributed by atoms with Crippen molar-refractivity contribution in [2.45, 2.75) is 119 Å². The van der Waals surface area contributed by atoms with Gasteiger partial charge in [0, 0.05) is 0 Å². The van der Waals surface area contributed by atoms with Gasteiger partial charge in [-0.1, -0.05) is 153 Å². The zero-order valence-corrected chi connectivity index (χ0v) is 44.0. The highest BCUT2D eigenvalue weighted by molar-refractivity contribution is 6.15. The fourth-order valence-corrected chi connectivity index (χ4v) is 8.80. The molecule has 0 bridgehead atoms. The molecule has 6 heteroatoms. The molecule has 0 aromatic heterocycles. The summed E-state index contributed by atoms with van der Waals surface area (Å²) in [5, 5.41) is 0. The molecule has 0 spiro atoms. The van der Waals surface area contributed by atoms with Gasteiger partial charge in [0.1, 0.15) is 34.5 Å². The molecular formula is C66H78O6. The van der Waals surface area contributed by atoms with Crippen LogP contribution in [0.1, 0.15) is 119 Å². The van der Waals surface area contributed by atoms with Crippen molar-refractivity contribution in [1.29, 1.82) is 0 Å². The average molecular weight is 967 g/mol. The van der Waals surface area contributed by atoms with Crippen molar-refractivity contribution < 1.29 is 28.4 Å². The molecule has 0 aliphatic heterocycles. The average Bonchev–Trinajstić information content (AvgIpc) is 3.42. The highest BCUT2D eigenvalue weighted by atomic mass is 16.5. The van der Waals surface area contributed by atoms with E-state index in [2.05, 4.69) is 187 Å². The van der Waals surface area contributed by atoms with E-state index in [1.165, 1.54) is 0 Å². The molecule has 72 heavy (non-hydrogen) atoms. The summed E-state index contributed by atoms with van der Waals surface area (Å²) < 4.78 is 37.8. The summed E-state index contributed by atoms with van der Waals surface area (Å²) in [6.07, 6.45) is 12.4. The zero-order chi connectivity index (χ0) is 50.3. The lowest BCUT2D eigenvalue weighted by Gasteiger charge is -2.29. The first kappa shape index (κ1) is 53.1. The van der Waals surface area contributed by atoms with Crippen LogP contribution in [0.2, 0.25) is 0 Å². The number of hydrogen-bond acceptors (Lipinski definition) is 6. The van der Waals surface area contributed by atoms with Crippen LogP contribution in [0, 0.1) is 0 Å². The second-order valence-corrected chi connectivity index (χ2v) is 18.6. The summed E-state index contributed by atoms with van der Waals surface area (Å²) in [5.74, 6) is 5.13. The predicted octanol–water partition coefficient (Wildman–Crippen LogP) is 18.8. The van der Waals surface area contributed by atoms with Crippen molar-refractivity contribution >= 4 is 0 Å². The number of unbranched alkanes of at least 4 members (excludes halogenated alkanes) is 6. The van der Waals surface area contributed by atoms with E-state index in [4.69, 9.17) is 28.4 Å². The van der Waals surface area contributed by atoms with Crippen molar-refractivity contribution in [3.05, 3.63) is 146 Å². The number of hydrogen-bond donors (Lipinski definition) is 0. The topological polar surface area (TPSA) is 55.4 Å². The molecule has 0 saturated heterocycles. The molecule has 6 nitrogen and oxygen atoms in total. The van der Waals surface area contributed by atoms with E-state index < -0.39 is 0 Å². The summed E-state index contributed by atoms with van der Waals surface area (Å²) in [6.45, 7) is 17.2. The molecule has 0 aliphatic carbocycles. The van der Waals surface area contributed by atoms with Gasteiger partial charge in [0.2, 0.25) is 0 Å². The lowest BCUT2D eigenvalue weighted by Crippen LogP contribution is -2.03. The number of ether oxygens (including phenoxy) is 6. The third-order valence-corrected chi connectivity index (χ3v) is 13.0. The largest absolute Gasteiger partial charge is 0.494 e. The first-order valence-electron chi connectivity index (χ1n) is 27.1. The summed E-state index contributed by atoms with van der Waals surface area (Å²) in [5.41, 5.74) is 13.1. The van der Waals surface area contributed by atoms with E-state index in [-0.39, 0.29) is 0 Å². The maximum absolute atomic E-state index is 6.31. The predicted molar refractivity (Wildman–Crippen MR) is 301 cm³/mol. The van der Waals surface area contributed by atoms with Gasteiger partial charge in [0.05, 0.1) is 39.6 Å². The molecule has 0 fully saturated rings. The van der Waals surface area contributed by atoms with Crippen LogP contribution in [0.3, 0.4) is 0 Å². The standard InChI is InChI=1S/C66H78O6/c1-7-13-43-67-55-31-19-49(20-32-55)61-62(50-21-33-56(34-22-50)68-44-14-8-2)64(52-25-37-58(38-26-52)70-46-16-10-4)66(54-29-41-60(42-30-54)72-48-18-12-6)65(53-27-39-59(40-28-53)71-47-17-11-5)63(61)51-23-35-57(36-24-51)69-45-15-9-3/h19-42H,7-18,43-48H2,1-6H3. The maximum Gasteiger partial charge on any atom is 0.119 e. The van der Waals surface area contributed by atoms with Gasteiger partial charge < -0.3 is 28.4 Å². The number of rotatable bonds is 30. The lowest BCUT2D eigenvalue weighted by molar-refractivity contribution is 0.309. The van der Waals surface area contributed by atoms with Crippen LogP contribution in [0.4, 0.5) is 0 Å². The minimum absolute atomic E-state index is 0.674. The van der Waals surface area contributed by atoms with Gasteiger partial charge in [-0.05, 0) is 178 Å². The second kappa shape index (κ2) is 28.4. The van der Waals surface area contributed by atoms with Crippen LogP contribution < -0.4 is 28.4 Å². The molecule has 0 amide bonds. The summed E-state index contributed by atoms with van der Waals surface area (Å²) in [6, 6.07) is 52.4. The molecule has 7 aromatic carbocycles. The Morgan fingerprint density at radius 1 is 0.194 bits per heavy atom. The minimum atomic E-state index is 0.674. The van der Waals surface area contributed by atoms with Crippen LogP contribution in [0.25, 0.3) is 66.8 Å². The molecular weight excluding hydrogens is 889 g/mol. The van der Waals surface area contributed by atoms with Crippen LogP contribution in [-0.2, 0) is 0 Å².